The third-order valence-electron chi connectivity index (χ3n) is 18.2. The molecule has 0 saturated carbocycles. The number of nitrogens with one attached hydrogen (secondary N) is 1. The lowest BCUT2D eigenvalue weighted by Gasteiger charge is -2.22. The Balaban J connectivity index is 3.36. The quantitative estimate of drug-likeness (QED) is 0.0320. The number of aliphatic hydroxyl groups excluding tert-OH is 2. The fourth-order valence-corrected chi connectivity index (χ4v) is 12.3. The number of allylic oxidation sites excluding steroid dienone is 6. The van der Waals surface area contributed by atoms with Crippen LogP contribution in [0, 0.1) is 0 Å². The van der Waals surface area contributed by atoms with Gasteiger partial charge < -0.3 is 20.3 Å². The number of rotatable bonds is 73. The Morgan fingerprint density at radius 3 is 0.918 bits per heavy atom. The van der Waals surface area contributed by atoms with Gasteiger partial charge in [-0.15, -0.1) is 0 Å². The zero-order valence-electron chi connectivity index (χ0n) is 57.6. The first-order valence-corrected chi connectivity index (χ1v) is 38.7. The normalized spacial score (nSPS) is 12.7. The van der Waals surface area contributed by atoms with Gasteiger partial charge in [-0.1, -0.05) is 371 Å². The van der Waals surface area contributed by atoms with Crippen molar-refractivity contribution < 1.29 is 24.5 Å². The highest BCUT2D eigenvalue weighted by Crippen LogP contribution is 2.19. The summed E-state index contributed by atoms with van der Waals surface area (Å²) in [4.78, 5) is 24.6. The monoisotopic (exact) mass is 1190 g/mol. The van der Waals surface area contributed by atoms with E-state index in [-0.39, 0.29) is 18.5 Å². The Bertz CT molecular complexity index is 1380. The van der Waals surface area contributed by atoms with Gasteiger partial charge in [0.2, 0.25) is 5.91 Å². The molecule has 0 rings (SSSR count). The van der Waals surface area contributed by atoms with Gasteiger partial charge in [-0.25, -0.2) is 0 Å². The number of esters is 1. The summed E-state index contributed by atoms with van der Waals surface area (Å²) in [5.74, 6) is -0.0225. The van der Waals surface area contributed by atoms with Crippen LogP contribution in [0.5, 0.6) is 0 Å². The highest BCUT2D eigenvalue weighted by Gasteiger charge is 2.20. The second-order valence-electron chi connectivity index (χ2n) is 26.7. The minimum Gasteiger partial charge on any atom is -0.466 e. The molecule has 502 valence electrons. The molecule has 0 heterocycles. The van der Waals surface area contributed by atoms with Gasteiger partial charge in [-0.3, -0.25) is 9.59 Å². The van der Waals surface area contributed by atoms with Crippen LogP contribution in [-0.2, 0) is 14.3 Å². The van der Waals surface area contributed by atoms with Crippen molar-refractivity contribution in [1.82, 2.24) is 5.32 Å². The maximum Gasteiger partial charge on any atom is 0.305 e. The molecule has 1 amide bonds. The standard InChI is InChI=1S/C79H151NO5/c1-3-5-7-9-11-13-15-17-19-21-22-37-40-43-47-51-55-59-63-67-71-77(82)76(75-81)80-78(83)72-68-64-60-56-52-48-44-41-38-35-33-31-29-27-25-23-24-26-28-30-32-34-36-39-42-46-50-54-58-62-66-70-74-85-79(84)73-69-65-61-57-53-49-45-20-18-16-14-12-10-8-6-4-2/h14,16,20,26,28,45,76-77,81-82H,3-13,15,17-19,21-25,27,29-44,46-75H2,1-2H3,(H,80,83)/b16-14-,28-26-,45-20-. The van der Waals surface area contributed by atoms with Gasteiger partial charge in [0.05, 0.1) is 25.4 Å². The number of unbranched alkanes of at least 4 members (excludes halogenated alkanes) is 56. The van der Waals surface area contributed by atoms with Crippen molar-refractivity contribution in [2.24, 2.45) is 0 Å². The number of carbonyl (C=O) groups is 2. The fraction of sp³-hybridized carbons (Fsp3) is 0.899. The van der Waals surface area contributed by atoms with E-state index in [1.165, 1.54) is 347 Å². The van der Waals surface area contributed by atoms with Crippen molar-refractivity contribution in [2.75, 3.05) is 13.2 Å². The molecule has 0 aliphatic rings. The molecule has 0 saturated heterocycles. The van der Waals surface area contributed by atoms with E-state index in [2.05, 4.69) is 55.6 Å². The van der Waals surface area contributed by atoms with E-state index in [0.717, 1.165) is 51.4 Å². The summed E-state index contributed by atoms with van der Waals surface area (Å²) in [6, 6.07) is -0.541. The second kappa shape index (κ2) is 74.5. The predicted octanol–water partition coefficient (Wildman–Crippen LogP) is 25.4. The zero-order chi connectivity index (χ0) is 61.3. The summed E-state index contributed by atoms with van der Waals surface area (Å²) in [5, 5.41) is 23.4. The van der Waals surface area contributed by atoms with Crippen LogP contribution in [0.15, 0.2) is 36.5 Å². The Morgan fingerprint density at radius 1 is 0.329 bits per heavy atom. The molecular formula is C79H151NO5. The van der Waals surface area contributed by atoms with E-state index in [9.17, 15) is 19.8 Å². The first kappa shape index (κ1) is 83.1. The molecule has 0 aliphatic carbocycles. The van der Waals surface area contributed by atoms with Crippen LogP contribution >= 0.6 is 0 Å². The molecule has 2 atom stereocenters. The van der Waals surface area contributed by atoms with Gasteiger partial charge >= 0.3 is 5.97 Å². The smallest absolute Gasteiger partial charge is 0.305 e. The van der Waals surface area contributed by atoms with E-state index >= 15 is 0 Å². The molecule has 0 aromatic rings. The Hall–Kier alpha value is -1.92. The lowest BCUT2D eigenvalue weighted by Crippen LogP contribution is -2.45. The van der Waals surface area contributed by atoms with E-state index in [0.29, 0.717) is 25.9 Å². The average Bonchev–Trinajstić information content (AvgIpc) is 3.51. The number of ether oxygens (including phenoxy) is 1. The molecule has 6 heteroatoms. The van der Waals surface area contributed by atoms with Crippen LogP contribution in [0.25, 0.3) is 0 Å². The van der Waals surface area contributed by atoms with Crippen molar-refractivity contribution >= 4 is 11.9 Å². The lowest BCUT2D eigenvalue weighted by molar-refractivity contribution is -0.143. The van der Waals surface area contributed by atoms with Gasteiger partial charge in [-0.05, 0) is 83.5 Å². The average molecular weight is 1200 g/mol. The Labute approximate surface area is 532 Å². The fourth-order valence-electron chi connectivity index (χ4n) is 12.3. The summed E-state index contributed by atoms with van der Waals surface area (Å²) in [7, 11) is 0. The minimum atomic E-state index is -0.664. The van der Waals surface area contributed by atoms with Crippen molar-refractivity contribution in [3.8, 4) is 0 Å². The van der Waals surface area contributed by atoms with Crippen molar-refractivity contribution in [3.05, 3.63) is 36.5 Å². The van der Waals surface area contributed by atoms with Crippen molar-refractivity contribution in [2.45, 2.75) is 443 Å². The van der Waals surface area contributed by atoms with Crippen LogP contribution in [0.3, 0.4) is 0 Å². The molecule has 0 aliphatic heterocycles. The summed E-state index contributed by atoms with van der Waals surface area (Å²) in [5.41, 5.74) is 0. The highest BCUT2D eigenvalue weighted by atomic mass is 16.5. The van der Waals surface area contributed by atoms with E-state index in [1.807, 2.05) is 0 Å². The molecule has 3 N–H and O–H groups in total. The molecule has 0 spiro atoms. The Kier molecular flexibility index (Phi) is 72.9. The number of hydrogen-bond acceptors (Lipinski definition) is 5. The summed E-state index contributed by atoms with van der Waals surface area (Å²) >= 11 is 0. The van der Waals surface area contributed by atoms with Crippen LogP contribution in [-0.4, -0.2) is 47.4 Å². The molecule has 0 radical (unpaired) electrons. The number of carbonyl (C=O) groups excluding carboxylic acids is 2. The first-order chi connectivity index (χ1) is 42.0. The van der Waals surface area contributed by atoms with Gasteiger partial charge in [0.1, 0.15) is 0 Å². The summed E-state index contributed by atoms with van der Waals surface area (Å²) in [6.07, 6.45) is 96.5. The molecular weight excluding hydrogens is 1040 g/mol. The second-order valence-corrected chi connectivity index (χ2v) is 26.7. The van der Waals surface area contributed by atoms with Gasteiger partial charge in [0.25, 0.3) is 0 Å². The summed E-state index contributed by atoms with van der Waals surface area (Å²) in [6.45, 7) is 4.97. The highest BCUT2D eigenvalue weighted by molar-refractivity contribution is 5.76. The molecule has 0 aromatic heterocycles. The van der Waals surface area contributed by atoms with Gasteiger partial charge in [-0.2, -0.15) is 0 Å². The lowest BCUT2D eigenvalue weighted by atomic mass is 10.0. The minimum absolute atomic E-state index is 0.00536. The van der Waals surface area contributed by atoms with Gasteiger partial charge in [0.15, 0.2) is 0 Å². The maximum atomic E-state index is 12.6. The number of hydrogen-bond donors (Lipinski definition) is 3. The SMILES string of the molecule is CCCCCC/C=C\C/C=C\CCCCCCCC(=O)OCCCCCCCCCCCCCC/C=C\CCCCCCCCCCCCCCCCCCC(=O)NC(CO)C(O)CCCCCCCCCCCCCCCCCCCCCC. The third-order valence-corrected chi connectivity index (χ3v) is 18.2. The van der Waals surface area contributed by atoms with Gasteiger partial charge in [0, 0.05) is 12.8 Å². The summed E-state index contributed by atoms with van der Waals surface area (Å²) < 4.78 is 5.49. The molecule has 0 aromatic carbocycles. The number of aliphatic hydroxyl groups is 2. The molecule has 2 unspecified atom stereocenters. The maximum absolute atomic E-state index is 12.6. The number of amides is 1. The zero-order valence-corrected chi connectivity index (χ0v) is 57.6. The Morgan fingerprint density at radius 2 is 0.588 bits per heavy atom. The van der Waals surface area contributed by atoms with E-state index < -0.39 is 12.1 Å². The first-order valence-electron chi connectivity index (χ1n) is 38.7. The van der Waals surface area contributed by atoms with E-state index in [4.69, 9.17) is 4.74 Å². The van der Waals surface area contributed by atoms with Crippen LogP contribution < -0.4 is 5.32 Å². The van der Waals surface area contributed by atoms with E-state index in [1.54, 1.807) is 0 Å². The predicted molar refractivity (Wildman–Crippen MR) is 375 cm³/mol. The van der Waals surface area contributed by atoms with Crippen LogP contribution in [0.1, 0.15) is 431 Å². The van der Waals surface area contributed by atoms with Crippen molar-refractivity contribution in [3.63, 3.8) is 0 Å². The molecule has 6 nitrogen and oxygen atoms in total. The van der Waals surface area contributed by atoms with Crippen molar-refractivity contribution in [1.29, 1.82) is 0 Å². The van der Waals surface area contributed by atoms with Crippen LogP contribution in [0.4, 0.5) is 0 Å². The topological polar surface area (TPSA) is 95.9 Å². The largest absolute Gasteiger partial charge is 0.466 e. The van der Waals surface area contributed by atoms with Crippen LogP contribution in [0.2, 0.25) is 0 Å². The molecule has 85 heavy (non-hydrogen) atoms. The molecule has 0 fully saturated rings. The third kappa shape index (κ3) is 71.0. The molecule has 0 bridgehead atoms.